The Morgan fingerprint density at radius 2 is 1.82 bits per heavy atom. The Morgan fingerprint density at radius 3 is 2.42 bits per heavy atom. The normalized spacial score (nSPS) is 12.6. The molecule has 2 atom stereocenters. The van der Waals surface area contributed by atoms with Gasteiger partial charge in [0.15, 0.2) is 0 Å². The van der Waals surface area contributed by atoms with Crippen molar-refractivity contribution in [1.29, 1.82) is 0 Å². The Morgan fingerprint density at radius 1 is 1.11 bits per heavy atom. The molecule has 9 nitrogen and oxygen atoms in total. The van der Waals surface area contributed by atoms with Crippen LogP contribution in [0.25, 0.3) is 11.3 Å². The largest absolute Gasteiger partial charge is 0.489 e. The maximum absolute atomic E-state index is 12.9. The smallest absolute Gasteiger partial charge is 0.407 e. The number of imidazole rings is 1. The maximum Gasteiger partial charge on any atom is 0.407 e. The average Bonchev–Trinajstić information content (AvgIpc) is 3.27. The first kappa shape index (κ1) is 29.0. The Bertz CT molecular complexity index is 1240. The number of aliphatic hydroxyl groups is 1. The quantitative estimate of drug-likeness (QED) is 0.324. The Kier molecular flexibility index (Phi) is 10.2. The van der Waals surface area contributed by atoms with Gasteiger partial charge >= 0.3 is 6.09 Å². The molecule has 0 radical (unpaired) electrons. The van der Waals surface area contributed by atoms with E-state index in [-0.39, 0.29) is 30.7 Å². The molecule has 0 aliphatic carbocycles. The molecule has 0 saturated carbocycles. The lowest BCUT2D eigenvalue weighted by Crippen LogP contribution is -2.37. The van der Waals surface area contributed by atoms with Crippen molar-refractivity contribution < 1.29 is 24.2 Å². The Balaban J connectivity index is 1.67. The van der Waals surface area contributed by atoms with Gasteiger partial charge in [-0.3, -0.25) is 4.79 Å². The third-order valence-electron chi connectivity index (χ3n) is 5.92. The van der Waals surface area contributed by atoms with Gasteiger partial charge in [0.1, 0.15) is 11.6 Å². The zero-order valence-electron chi connectivity index (χ0n) is 22.3. The first-order chi connectivity index (χ1) is 18.1. The SMILES string of the molecule is COC(=O)NC(C)c1nc(-c2ccc(C[C@@H](CCO)NC(=O)c3ccc(OC(C)C)c(Cl)c3)cc2)cn1C. The number of rotatable bonds is 11. The number of aryl methyl sites for hydroxylation is 1. The second-order valence-electron chi connectivity index (χ2n) is 9.35. The fraction of sp³-hybridized carbons (Fsp3) is 0.393. The van der Waals surface area contributed by atoms with E-state index in [1.807, 2.05) is 62.8 Å². The molecule has 0 aliphatic rings. The highest BCUT2D eigenvalue weighted by molar-refractivity contribution is 6.32. The summed E-state index contributed by atoms with van der Waals surface area (Å²) in [5.41, 5.74) is 3.12. The summed E-state index contributed by atoms with van der Waals surface area (Å²) in [6.45, 7) is 5.59. The third kappa shape index (κ3) is 7.72. The number of ether oxygens (including phenoxy) is 2. The molecule has 2 amide bonds. The van der Waals surface area contributed by atoms with Crippen molar-refractivity contribution in [3.05, 3.63) is 70.6 Å². The van der Waals surface area contributed by atoms with Gasteiger partial charge in [-0.1, -0.05) is 35.9 Å². The summed E-state index contributed by atoms with van der Waals surface area (Å²) in [5, 5.41) is 15.7. The lowest BCUT2D eigenvalue weighted by atomic mass is 10.0. The van der Waals surface area contributed by atoms with Crippen LogP contribution in [0.3, 0.4) is 0 Å². The number of aromatic nitrogens is 2. The van der Waals surface area contributed by atoms with Gasteiger partial charge in [-0.15, -0.1) is 0 Å². The molecule has 0 spiro atoms. The molecular weight excluding hydrogens is 508 g/mol. The van der Waals surface area contributed by atoms with Crippen LogP contribution < -0.4 is 15.4 Å². The predicted molar refractivity (Wildman–Crippen MR) is 146 cm³/mol. The number of halogens is 1. The Hall–Kier alpha value is -3.56. The van der Waals surface area contributed by atoms with Gasteiger partial charge in [0.2, 0.25) is 0 Å². The zero-order chi connectivity index (χ0) is 27.8. The second kappa shape index (κ2) is 13.3. The van der Waals surface area contributed by atoms with Gasteiger partial charge in [0.25, 0.3) is 5.91 Å². The number of alkyl carbamates (subject to hydrolysis) is 1. The van der Waals surface area contributed by atoms with Crippen LogP contribution >= 0.6 is 11.6 Å². The lowest BCUT2D eigenvalue weighted by molar-refractivity contribution is 0.0930. The molecule has 0 aliphatic heterocycles. The molecule has 204 valence electrons. The summed E-state index contributed by atoms with van der Waals surface area (Å²) < 4.78 is 12.2. The summed E-state index contributed by atoms with van der Waals surface area (Å²) in [7, 11) is 3.19. The topological polar surface area (TPSA) is 115 Å². The molecular formula is C28H35ClN4O5. The Labute approximate surface area is 228 Å². The molecule has 1 unspecified atom stereocenters. The molecule has 3 N–H and O–H groups in total. The number of carbonyl (C=O) groups excluding carboxylic acids is 2. The van der Waals surface area contributed by atoms with E-state index < -0.39 is 6.09 Å². The highest BCUT2D eigenvalue weighted by Crippen LogP contribution is 2.27. The third-order valence-corrected chi connectivity index (χ3v) is 6.22. The van der Waals surface area contributed by atoms with E-state index in [9.17, 15) is 14.7 Å². The minimum absolute atomic E-state index is 0.0284. The molecule has 0 saturated heterocycles. The van der Waals surface area contributed by atoms with E-state index in [2.05, 4.69) is 20.4 Å². The number of aliphatic hydroxyl groups excluding tert-OH is 1. The van der Waals surface area contributed by atoms with Crippen molar-refractivity contribution in [2.45, 2.75) is 51.8 Å². The summed E-state index contributed by atoms with van der Waals surface area (Å²) >= 11 is 6.29. The fourth-order valence-corrected chi connectivity index (χ4v) is 4.28. The molecule has 2 aromatic carbocycles. The van der Waals surface area contributed by atoms with E-state index in [1.54, 1.807) is 18.2 Å². The van der Waals surface area contributed by atoms with Crippen LogP contribution in [0.5, 0.6) is 5.75 Å². The van der Waals surface area contributed by atoms with E-state index in [1.165, 1.54) is 7.11 Å². The maximum atomic E-state index is 12.9. The number of methoxy groups -OCH3 is 1. The lowest BCUT2D eigenvalue weighted by Gasteiger charge is -2.19. The predicted octanol–water partition coefficient (Wildman–Crippen LogP) is 4.67. The van der Waals surface area contributed by atoms with Crippen molar-refractivity contribution in [3.8, 4) is 17.0 Å². The van der Waals surface area contributed by atoms with Crippen LogP contribution in [0, 0.1) is 0 Å². The van der Waals surface area contributed by atoms with Crippen molar-refractivity contribution in [2.75, 3.05) is 13.7 Å². The van der Waals surface area contributed by atoms with Crippen LogP contribution in [0.4, 0.5) is 4.79 Å². The number of hydrogen-bond acceptors (Lipinski definition) is 6. The molecule has 0 bridgehead atoms. The highest BCUT2D eigenvalue weighted by atomic mass is 35.5. The highest BCUT2D eigenvalue weighted by Gasteiger charge is 2.18. The standard InChI is InChI=1S/C28H35ClN4O5/c1-17(2)38-25-11-10-21(15-23(25)29)27(35)31-22(12-13-34)14-19-6-8-20(9-7-19)24-16-33(4)26(32-24)18(3)30-28(36)37-5/h6-11,15-18,22,34H,12-14H2,1-5H3,(H,30,36)(H,31,35)/t18?,22-/m1/s1. The summed E-state index contributed by atoms with van der Waals surface area (Å²) in [5.74, 6) is 0.956. The van der Waals surface area contributed by atoms with Gasteiger partial charge < -0.3 is 29.8 Å². The van der Waals surface area contributed by atoms with Gasteiger partial charge in [-0.25, -0.2) is 9.78 Å². The minimum atomic E-state index is -0.517. The van der Waals surface area contributed by atoms with Gasteiger partial charge in [0, 0.05) is 37.0 Å². The molecule has 10 heteroatoms. The van der Waals surface area contributed by atoms with E-state index in [0.29, 0.717) is 35.0 Å². The van der Waals surface area contributed by atoms with Gasteiger partial charge in [-0.05, 0) is 57.4 Å². The molecule has 1 heterocycles. The summed E-state index contributed by atoms with van der Waals surface area (Å²) in [6.07, 6.45) is 2.31. The first-order valence-corrected chi connectivity index (χ1v) is 12.8. The van der Waals surface area contributed by atoms with Crippen LogP contribution in [0.15, 0.2) is 48.7 Å². The first-order valence-electron chi connectivity index (χ1n) is 12.5. The fourth-order valence-electron chi connectivity index (χ4n) is 4.06. The van der Waals surface area contributed by atoms with Crippen molar-refractivity contribution in [1.82, 2.24) is 20.2 Å². The van der Waals surface area contributed by atoms with Crippen LogP contribution in [-0.2, 0) is 18.2 Å². The van der Waals surface area contributed by atoms with E-state index >= 15 is 0 Å². The summed E-state index contributed by atoms with van der Waals surface area (Å²) in [6, 6.07) is 12.2. The monoisotopic (exact) mass is 542 g/mol. The van der Waals surface area contributed by atoms with Crippen molar-refractivity contribution in [2.24, 2.45) is 7.05 Å². The van der Waals surface area contributed by atoms with Crippen LogP contribution in [-0.4, -0.2) is 52.5 Å². The number of hydrogen-bond donors (Lipinski definition) is 3. The molecule has 38 heavy (non-hydrogen) atoms. The number of amides is 2. The van der Waals surface area contributed by atoms with Gasteiger partial charge in [-0.2, -0.15) is 0 Å². The number of nitrogens with zero attached hydrogens (tertiary/aromatic N) is 2. The van der Waals surface area contributed by atoms with Crippen molar-refractivity contribution in [3.63, 3.8) is 0 Å². The zero-order valence-corrected chi connectivity index (χ0v) is 23.1. The average molecular weight is 543 g/mol. The molecule has 3 aromatic rings. The molecule has 3 rings (SSSR count). The number of carbonyl (C=O) groups is 2. The second-order valence-corrected chi connectivity index (χ2v) is 9.76. The molecule has 0 fully saturated rings. The van der Waals surface area contributed by atoms with E-state index in [4.69, 9.17) is 16.3 Å². The summed E-state index contributed by atoms with van der Waals surface area (Å²) in [4.78, 5) is 29.1. The van der Waals surface area contributed by atoms with Gasteiger partial charge in [0.05, 0.1) is 30.0 Å². The molecule has 1 aromatic heterocycles. The number of benzene rings is 2. The van der Waals surface area contributed by atoms with Crippen LogP contribution in [0.2, 0.25) is 5.02 Å². The van der Waals surface area contributed by atoms with Crippen LogP contribution in [0.1, 0.15) is 55.0 Å². The van der Waals surface area contributed by atoms with Crippen molar-refractivity contribution >= 4 is 23.6 Å². The minimum Gasteiger partial charge on any atom is -0.489 e. The number of nitrogens with one attached hydrogen (secondary N) is 2. The van der Waals surface area contributed by atoms with E-state index in [0.717, 1.165) is 16.8 Å².